The van der Waals surface area contributed by atoms with Crippen LogP contribution < -0.4 is 10.2 Å². The van der Waals surface area contributed by atoms with Gasteiger partial charge in [-0.15, -0.1) is 0 Å². The zero-order valence-corrected chi connectivity index (χ0v) is 13.6. The number of alkyl halides is 3. The molecule has 24 heavy (non-hydrogen) atoms. The number of aromatic nitrogens is 3. The predicted octanol–water partition coefficient (Wildman–Crippen LogP) is 1.59. The maximum Gasteiger partial charge on any atom is 0.490 e. The van der Waals surface area contributed by atoms with Gasteiger partial charge >= 0.3 is 12.1 Å². The van der Waals surface area contributed by atoms with E-state index in [1.807, 2.05) is 30.3 Å². The number of carbonyl (C=O) groups is 1. The molecule has 1 aliphatic heterocycles. The fraction of sp³-hybridized carbons (Fsp3) is 0.462. The SMILES string of the molecule is Cn1cc(-c2cnc(N3CCNCC3)s2)cn1.O=C(O)C(F)(F)F. The third kappa shape index (κ3) is 4.93. The maximum absolute atomic E-state index is 10.6. The van der Waals surface area contributed by atoms with Crippen molar-refractivity contribution < 1.29 is 23.1 Å². The van der Waals surface area contributed by atoms with Gasteiger partial charge in [-0.05, 0) is 0 Å². The highest BCUT2D eigenvalue weighted by molar-refractivity contribution is 7.18. The van der Waals surface area contributed by atoms with Crippen LogP contribution in [0.25, 0.3) is 10.4 Å². The summed E-state index contributed by atoms with van der Waals surface area (Å²) in [5.74, 6) is -2.76. The quantitative estimate of drug-likeness (QED) is 0.843. The van der Waals surface area contributed by atoms with Gasteiger partial charge in [-0.25, -0.2) is 9.78 Å². The minimum atomic E-state index is -5.08. The molecule has 132 valence electrons. The number of thiazole rings is 1. The molecule has 1 saturated heterocycles. The number of carboxylic acids is 1. The molecule has 0 spiro atoms. The van der Waals surface area contributed by atoms with E-state index in [-0.39, 0.29) is 0 Å². The first-order valence-electron chi connectivity index (χ1n) is 6.98. The number of carboxylic acid groups (broad SMARTS) is 1. The van der Waals surface area contributed by atoms with E-state index in [2.05, 4.69) is 20.3 Å². The van der Waals surface area contributed by atoms with Crippen LogP contribution in [0.15, 0.2) is 18.6 Å². The molecule has 11 heteroatoms. The smallest absolute Gasteiger partial charge is 0.475 e. The average Bonchev–Trinajstić information content (AvgIpc) is 3.16. The summed E-state index contributed by atoms with van der Waals surface area (Å²) in [5, 5.41) is 15.8. The van der Waals surface area contributed by atoms with Crippen molar-refractivity contribution in [3.8, 4) is 10.4 Å². The van der Waals surface area contributed by atoms with E-state index in [0.717, 1.165) is 36.9 Å². The van der Waals surface area contributed by atoms with E-state index in [4.69, 9.17) is 9.90 Å². The summed E-state index contributed by atoms with van der Waals surface area (Å²) in [7, 11) is 1.93. The summed E-state index contributed by atoms with van der Waals surface area (Å²) < 4.78 is 33.6. The number of hydrogen-bond donors (Lipinski definition) is 2. The highest BCUT2D eigenvalue weighted by Gasteiger charge is 2.38. The monoisotopic (exact) mass is 363 g/mol. The number of aliphatic carboxylic acids is 1. The van der Waals surface area contributed by atoms with Crippen LogP contribution in [-0.4, -0.2) is 58.2 Å². The average molecular weight is 363 g/mol. The van der Waals surface area contributed by atoms with Gasteiger partial charge in [-0.1, -0.05) is 11.3 Å². The number of piperazine rings is 1. The lowest BCUT2D eigenvalue weighted by molar-refractivity contribution is -0.192. The molecule has 1 aliphatic rings. The molecule has 0 atom stereocenters. The van der Waals surface area contributed by atoms with Crippen molar-refractivity contribution in [1.82, 2.24) is 20.1 Å². The molecular formula is C13H16F3N5O2S. The minimum Gasteiger partial charge on any atom is -0.475 e. The Bertz CT molecular complexity index is 679. The number of aryl methyl sites for hydroxylation is 1. The maximum atomic E-state index is 10.6. The van der Waals surface area contributed by atoms with Crippen LogP contribution >= 0.6 is 11.3 Å². The van der Waals surface area contributed by atoms with Gasteiger partial charge in [0.2, 0.25) is 0 Å². The van der Waals surface area contributed by atoms with Crippen molar-refractivity contribution in [3.63, 3.8) is 0 Å². The second kappa shape index (κ2) is 7.62. The summed E-state index contributed by atoms with van der Waals surface area (Å²) >= 11 is 1.74. The molecule has 0 aromatic carbocycles. The Kier molecular flexibility index (Phi) is 5.78. The second-order valence-electron chi connectivity index (χ2n) is 4.95. The lowest BCUT2D eigenvalue weighted by Crippen LogP contribution is -2.43. The molecule has 2 aromatic rings. The van der Waals surface area contributed by atoms with E-state index in [1.54, 1.807) is 11.3 Å². The highest BCUT2D eigenvalue weighted by Crippen LogP contribution is 2.30. The minimum absolute atomic E-state index is 1.04. The second-order valence-corrected chi connectivity index (χ2v) is 5.96. The molecule has 3 rings (SSSR count). The molecule has 2 N–H and O–H groups in total. The first-order valence-corrected chi connectivity index (χ1v) is 7.79. The van der Waals surface area contributed by atoms with Gasteiger partial charge in [0.05, 0.1) is 11.1 Å². The number of nitrogens with one attached hydrogen (secondary N) is 1. The number of nitrogens with zero attached hydrogens (tertiary/aromatic N) is 4. The molecule has 2 aromatic heterocycles. The molecule has 7 nitrogen and oxygen atoms in total. The van der Waals surface area contributed by atoms with Gasteiger partial charge in [0.1, 0.15) is 0 Å². The van der Waals surface area contributed by atoms with Crippen molar-refractivity contribution in [2.24, 2.45) is 7.05 Å². The number of halogens is 3. The first kappa shape index (κ1) is 18.2. The number of hydrogen-bond acceptors (Lipinski definition) is 6. The fourth-order valence-electron chi connectivity index (χ4n) is 1.95. The van der Waals surface area contributed by atoms with E-state index in [0.29, 0.717) is 0 Å². The summed E-state index contributed by atoms with van der Waals surface area (Å²) in [5.41, 5.74) is 1.14. The standard InChI is InChI=1S/C11H15N5S.C2HF3O2/c1-15-8-9(6-14-15)10-7-13-11(17-10)16-4-2-12-3-5-16;3-2(4,5)1(6)7/h6-8,12H,2-5H2,1H3;(H,6,7). The molecule has 1 fully saturated rings. The molecule has 0 radical (unpaired) electrons. The van der Waals surface area contributed by atoms with Crippen molar-refractivity contribution in [1.29, 1.82) is 0 Å². The fourth-order valence-corrected chi connectivity index (χ4v) is 2.89. The summed E-state index contributed by atoms with van der Waals surface area (Å²) in [4.78, 5) is 16.9. The van der Waals surface area contributed by atoms with Crippen LogP contribution in [0.5, 0.6) is 0 Å². The van der Waals surface area contributed by atoms with Crippen LogP contribution in [0.2, 0.25) is 0 Å². The molecule has 0 saturated carbocycles. The van der Waals surface area contributed by atoms with Gasteiger partial charge in [0.15, 0.2) is 5.13 Å². The van der Waals surface area contributed by atoms with Gasteiger partial charge in [0, 0.05) is 51.2 Å². The largest absolute Gasteiger partial charge is 0.490 e. The first-order chi connectivity index (χ1) is 11.3. The van der Waals surface area contributed by atoms with E-state index in [1.165, 1.54) is 4.88 Å². The van der Waals surface area contributed by atoms with Crippen LogP contribution in [-0.2, 0) is 11.8 Å². The molecule has 0 amide bonds. The Hall–Kier alpha value is -2.14. The Morgan fingerprint density at radius 2 is 1.96 bits per heavy atom. The lowest BCUT2D eigenvalue weighted by atomic mass is 10.3. The van der Waals surface area contributed by atoms with Crippen LogP contribution in [0.3, 0.4) is 0 Å². The molecule has 0 aliphatic carbocycles. The zero-order chi connectivity index (χ0) is 17.7. The number of anilines is 1. The van der Waals surface area contributed by atoms with Gasteiger partial charge in [0.25, 0.3) is 0 Å². The third-order valence-corrected chi connectivity index (χ3v) is 4.22. The summed E-state index contributed by atoms with van der Waals surface area (Å²) in [6.45, 7) is 4.17. The normalized spacial score (nSPS) is 14.9. The zero-order valence-electron chi connectivity index (χ0n) is 12.7. The van der Waals surface area contributed by atoms with Crippen LogP contribution in [0.4, 0.5) is 18.3 Å². The van der Waals surface area contributed by atoms with Crippen LogP contribution in [0.1, 0.15) is 0 Å². The molecule has 3 heterocycles. The summed E-state index contributed by atoms with van der Waals surface area (Å²) in [6, 6.07) is 0. The Balaban J connectivity index is 0.000000256. The highest BCUT2D eigenvalue weighted by atomic mass is 32.1. The Labute approximate surface area is 139 Å². The molecule has 0 bridgehead atoms. The van der Waals surface area contributed by atoms with Gasteiger partial charge in [-0.2, -0.15) is 18.3 Å². The third-order valence-electron chi connectivity index (χ3n) is 3.11. The van der Waals surface area contributed by atoms with Gasteiger partial charge < -0.3 is 15.3 Å². The van der Waals surface area contributed by atoms with Gasteiger partial charge in [-0.3, -0.25) is 4.68 Å². The Morgan fingerprint density at radius 3 is 2.46 bits per heavy atom. The van der Waals surface area contributed by atoms with Crippen molar-refractivity contribution >= 4 is 22.4 Å². The number of rotatable bonds is 2. The van der Waals surface area contributed by atoms with Crippen molar-refractivity contribution in [2.75, 3.05) is 31.1 Å². The molecule has 0 unspecified atom stereocenters. The summed E-state index contributed by atoms with van der Waals surface area (Å²) in [6.07, 6.45) is 0.767. The van der Waals surface area contributed by atoms with E-state index in [9.17, 15) is 13.2 Å². The predicted molar refractivity (Wildman–Crippen MR) is 83.1 cm³/mol. The molecular weight excluding hydrogens is 347 g/mol. The van der Waals surface area contributed by atoms with E-state index >= 15 is 0 Å². The van der Waals surface area contributed by atoms with Crippen molar-refractivity contribution in [2.45, 2.75) is 6.18 Å². The Morgan fingerprint density at radius 1 is 1.33 bits per heavy atom. The lowest BCUT2D eigenvalue weighted by Gasteiger charge is -2.26. The van der Waals surface area contributed by atoms with E-state index < -0.39 is 12.1 Å². The topological polar surface area (TPSA) is 83.3 Å². The van der Waals surface area contributed by atoms with Crippen molar-refractivity contribution in [3.05, 3.63) is 18.6 Å². The van der Waals surface area contributed by atoms with Crippen LogP contribution in [0, 0.1) is 0 Å².